The number of carbonyl (C=O) groups excluding carboxylic acids is 2. The highest BCUT2D eigenvalue weighted by molar-refractivity contribution is 7.23. The van der Waals surface area contributed by atoms with Crippen LogP contribution in [0.15, 0.2) is 59.7 Å². The van der Waals surface area contributed by atoms with Gasteiger partial charge in [-0.1, -0.05) is 0 Å². The van der Waals surface area contributed by atoms with E-state index in [2.05, 4.69) is 60.9 Å². The monoisotopic (exact) mass is 492 g/mol. The topological polar surface area (TPSA) is 58.2 Å². The quantitative estimate of drug-likeness (QED) is 0.353. The minimum absolute atomic E-state index is 0.229. The van der Waals surface area contributed by atoms with Gasteiger partial charge < -0.3 is 10.6 Å². The van der Waals surface area contributed by atoms with Gasteiger partial charge in [0.1, 0.15) is 0 Å². The summed E-state index contributed by atoms with van der Waals surface area (Å²) in [5.41, 5.74) is 2.10. The number of hydrogen-bond acceptors (Lipinski definition) is 6. The number of fused-ring (bicyclic) bond motifs is 1. The molecule has 4 aromatic heterocycles. The Morgan fingerprint density at radius 3 is 1.22 bits per heavy atom. The molecule has 32 heavy (non-hydrogen) atoms. The molecule has 2 aliphatic heterocycles. The Morgan fingerprint density at radius 2 is 0.844 bits per heavy atom. The third-order valence-electron chi connectivity index (χ3n) is 5.35. The van der Waals surface area contributed by atoms with Crippen LogP contribution in [0.3, 0.4) is 0 Å². The molecule has 0 spiro atoms. The number of hydrogen-bond donors (Lipinski definition) is 2. The molecule has 2 amide bonds. The van der Waals surface area contributed by atoms with Crippen LogP contribution >= 0.6 is 45.3 Å². The first-order valence-electron chi connectivity index (χ1n) is 9.93. The maximum absolute atomic E-state index is 12.9. The molecule has 158 valence electrons. The number of carbonyl (C=O) groups is 2. The predicted octanol–water partition coefficient (Wildman–Crippen LogP) is 6.27. The van der Waals surface area contributed by atoms with Gasteiger partial charge in [0, 0.05) is 29.3 Å². The van der Waals surface area contributed by atoms with Crippen molar-refractivity contribution in [3.63, 3.8) is 0 Å². The molecule has 0 aromatic carbocycles. The minimum Gasteiger partial charge on any atom is -0.320 e. The summed E-state index contributed by atoms with van der Waals surface area (Å²) in [6.07, 6.45) is 0. The van der Waals surface area contributed by atoms with E-state index in [4.69, 9.17) is 0 Å². The smallest absolute Gasteiger partial charge is 0.258 e. The van der Waals surface area contributed by atoms with Crippen LogP contribution in [-0.2, 0) is 9.59 Å². The molecule has 8 heteroatoms. The highest BCUT2D eigenvalue weighted by Gasteiger charge is 2.41. The lowest BCUT2D eigenvalue weighted by Crippen LogP contribution is -2.20. The summed E-state index contributed by atoms with van der Waals surface area (Å²) >= 11 is 6.65. The van der Waals surface area contributed by atoms with Crippen molar-refractivity contribution in [1.82, 2.24) is 10.6 Å². The van der Waals surface area contributed by atoms with Gasteiger partial charge in [0.05, 0.1) is 32.3 Å². The van der Waals surface area contributed by atoms with Crippen LogP contribution in [0.5, 0.6) is 0 Å². The van der Waals surface area contributed by atoms with Gasteiger partial charge in [0.2, 0.25) is 0 Å². The second kappa shape index (κ2) is 7.38. The van der Waals surface area contributed by atoms with E-state index in [1.54, 1.807) is 45.3 Å². The Labute approximate surface area is 200 Å². The van der Waals surface area contributed by atoms with E-state index in [0.29, 0.717) is 22.5 Å². The van der Waals surface area contributed by atoms with Crippen LogP contribution in [0.4, 0.5) is 0 Å². The van der Waals surface area contributed by atoms with Crippen molar-refractivity contribution in [2.24, 2.45) is 0 Å². The largest absolute Gasteiger partial charge is 0.320 e. The van der Waals surface area contributed by atoms with Crippen LogP contribution in [0, 0.1) is 13.8 Å². The van der Waals surface area contributed by atoms with Crippen LogP contribution in [-0.4, -0.2) is 11.8 Å². The molecular formula is C24H16N2O2S4. The van der Waals surface area contributed by atoms with E-state index >= 15 is 0 Å². The van der Waals surface area contributed by atoms with Gasteiger partial charge in [-0.05, 0) is 62.4 Å². The second-order valence-electron chi connectivity index (χ2n) is 7.56. The molecule has 2 N–H and O–H groups in total. The van der Waals surface area contributed by atoms with Crippen LogP contribution < -0.4 is 10.6 Å². The summed E-state index contributed by atoms with van der Waals surface area (Å²) in [6.45, 7) is 4.17. The highest BCUT2D eigenvalue weighted by Crippen LogP contribution is 2.43. The molecule has 6 rings (SSSR count). The molecule has 2 aliphatic rings. The van der Waals surface area contributed by atoms with Gasteiger partial charge in [-0.3, -0.25) is 9.59 Å². The van der Waals surface area contributed by atoms with Crippen LogP contribution in [0.2, 0.25) is 0 Å². The Bertz CT molecular complexity index is 1380. The van der Waals surface area contributed by atoms with E-state index in [1.165, 1.54) is 19.5 Å². The van der Waals surface area contributed by atoms with Crippen LogP contribution in [0.1, 0.15) is 19.5 Å². The normalized spacial score (nSPS) is 15.6. The summed E-state index contributed by atoms with van der Waals surface area (Å²) in [6, 6.07) is 16.5. The molecular weight excluding hydrogens is 477 g/mol. The van der Waals surface area contributed by atoms with Gasteiger partial charge in [-0.2, -0.15) is 0 Å². The van der Waals surface area contributed by atoms with Gasteiger partial charge in [-0.25, -0.2) is 0 Å². The number of aryl methyl sites for hydroxylation is 2. The molecule has 4 nitrogen and oxygen atoms in total. The Balaban J connectivity index is 1.41. The van der Waals surface area contributed by atoms with Gasteiger partial charge >= 0.3 is 0 Å². The van der Waals surface area contributed by atoms with Crippen molar-refractivity contribution in [1.29, 1.82) is 0 Å². The summed E-state index contributed by atoms with van der Waals surface area (Å²) in [5, 5.41) is 5.91. The Kier molecular flexibility index (Phi) is 4.58. The van der Waals surface area contributed by atoms with E-state index < -0.39 is 0 Å². The zero-order valence-electron chi connectivity index (χ0n) is 17.1. The van der Waals surface area contributed by atoms with Gasteiger partial charge in [-0.15, -0.1) is 45.3 Å². The van der Waals surface area contributed by atoms with Crippen molar-refractivity contribution in [3.8, 4) is 19.5 Å². The van der Waals surface area contributed by atoms with E-state index in [-0.39, 0.29) is 11.8 Å². The van der Waals surface area contributed by atoms with Crippen LogP contribution in [0.25, 0.3) is 30.9 Å². The molecule has 0 aliphatic carbocycles. The van der Waals surface area contributed by atoms with E-state index in [1.807, 2.05) is 12.1 Å². The fraction of sp³-hybridized carbons (Fsp3) is 0.0833. The second-order valence-corrected chi connectivity index (χ2v) is 12.3. The van der Waals surface area contributed by atoms with Crippen molar-refractivity contribution in [3.05, 3.63) is 79.2 Å². The lowest BCUT2D eigenvalue weighted by molar-refractivity contribution is -0.117. The fourth-order valence-corrected chi connectivity index (χ4v) is 7.84. The maximum Gasteiger partial charge on any atom is 0.258 e. The molecule has 0 fully saturated rings. The lowest BCUT2D eigenvalue weighted by atomic mass is 10.1. The summed E-state index contributed by atoms with van der Waals surface area (Å²) < 4.78 is 0. The van der Waals surface area contributed by atoms with E-state index in [9.17, 15) is 9.59 Å². The Morgan fingerprint density at radius 1 is 0.500 bits per heavy atom. The van der Waals surface area contributed by atoms with Crippen molar-refractivity contribution in [2.45, 2.75) is 13.8 Å². The standard InChI is InChI=1S/C24H16N2O2S4/c1-11-3-5-13(29-11)15-7-9-17(31-15)21-19-20(24(28)25-21)22(26-23(19)27)18-10-8-16(32-18)14-6-4-12(2)30-14/h3-10H,1-2H3,(H,25,28)(H,26,27). The highest BCUT2D eigenvalue weighted by atomic mass is 32.1. The summed E-state index contributed by atoms with van der Waals surface area (Å²) in [5.74, 6) is -0.459. The first kappa shape index (κ1) is 19.9. The zero-order valence-corrected chi connectivity index (χ0v) is 20.3. The lowest BCUT2D eigenvalue weighted by Gasteiger charge is -2.04. The number of rotatable bonds is 4. The van der Waals surface area contributed by atoms with Crippen molar-refractivity contribution in [2.75, 3.05) is 0 Å². The number of amides is 2. The van der Waals surface area contributed by atoms with Gasteiger partial charge in [0.25, 0.3) is 11.8 Å². The molecule has 0 unspecified atom stereocenters. The molecule has 6 heterocycles. The van der Waals surface area contributed by atoms with Gasteiger partial charge in [0.15, 0.2) is 0 Å². The molecule has 4 aromatic rings. The minimum atomic E-state index is -0.229. The third kappa shape index (κ3) is 3.14. The molecule has 0 saturated heterocycles. The predicted molar refractivity (Wildman–Crippen MR) is 135 cm³/mol. The molecule has 0 atom stereocenters. The number of thiophene rings is 4. The molecule has 0 saturated carbocycles. The average Bonchev–Trinajstić information content (AvgIpc) is 3.55. The Hall–Kier alpha value is -2.78. The molecule has 0 bridgehead atoms. The molecule has 0 radical (unpaired) electrons. The van der Waals surface area contributed by atoms with Crippen molar-refractivity contribution < 1.29 is 9.59 Å². The third-order valence-corrected chi connectivity index (χ3v) is 9.95. The SMILES string of the molecule is Cc1ccc(-c2ccc(C3=C4C(=O)NC(c5ccc(-c6ccc(C)s6)s5)=C4C(=O)N3)s2)s1. The fourth-order valence-electron chi connectivity index (χ4n) is 3.89. The van der Waals surface area contributed by atoms with Crippen molar-refractivity contribution >= 4 is 68.6 Å². The first-order valence-corrected chi connectivity index (χ1v) is 13.2. The summed E-state index contributed by atoms with van der Waals surface area (Å²) in [4.78, 5) is 34.8. The first-order chi connectivity index (χ1) is 15.5. The average molecular weight is 493 g/mol. The maximum atomic E-state index is 12.9. The number of nitrogens with one attached hydrogen (secondary N) is 2. The summed E-state index contributed by atoms with van der Waals surface area (Å²) in [7, 11) is 0. The zero-order chi connectivity index (χ0) is 22.0. The van der Waals surface area contributed by atoms with E-state index in [0.717, 1.165) is 19.5 Å².